The average Bonchev–Trinajstić information content (AvgIpc) is 2.59. The number of benzene rings is 2. The number of ether oxygens (including phenoxy) is 4. The van der Waals surface area contributed by atoms with Gasteiger partial charge >= 0.3 is 0 Å². The van der Waals surface area contributed by atoms with Gasteiger partial charge in [0.05, 0.1) is 28.4 Å². The van der Waals surface area contributed by atoms with Gasteiger partial charge < -0.3 is 18.9 Å². The van der Waals surface area contributed by atoms with Crippen LogP contribution in [-0.2, 0) is 0 Å². The molecule has 0 aliphatic rings. The predicted octanol–water partition coefficient (Wildman–Crippen LogP) is 3.78. The van der Waals surface area contributed by atoms with E-state index in [0.29, 0.717) is 23.0 Å². The summed E-state index contributed by atoms with van der Waals surface area (Å²) in [6, 6.07) is 11.3. The van der Waals surface area contributed by atoms with Crippen LogP contribution in [0.25, 0.3) is 5.57 Å². The minimum Gasteiger partial charge on any atom is -0.497 e. The second-order valence-corrected chi connectivity index (χ2v) is 4.68. The molecular formula is C18H20O4. The van der Waals surface area contributed by atoms with Crippen LogP contribution in [0.2, 0.25) is 0 Å². The maximum absolute atomic E-state index is 5.30. The second kappa shape index (κ2) is 6.89. The van der Waals surface area contributed by atoms with Crippen LogP contribution in [0.3, 0.4) is 0 Å². The van der Waals surface area contributed by atoms with Gasteiger partial charge in [-0.05, 0) is 41.0 Å². The lowest BCUT2D eigenvalue weighted by Crippen LogP contribution is -1.94. The topological polar surface area (TPSA) is 36.9 Å². The largest absolute Gasteiger partial charge is 0.497 e. The van der Waals surface area contributed by atoms with Crippen molar-refractivity contribution in [3.63, 3.8) is 0 Å². The van der Waals surface area contributed by atoms with E-state index in [2.05, 4.69) is 6.58 Å². The van der Waals surface area contributed by atoms with Crippen LogP contribution in [0.5, 0.6) is 23.0 Å². The van der Waals surface area contributed by atoms with Crippen molar-refractivity contribution in [3.05, 3.63) is 54.1 Å². The van der Waals surface area contributed by atoms with E-state index in [4.69, 9.17) is 18.9 Å². The molecule has 0 bridgehead atoms. The molecule has 0 aliphatic heterocycles. The van der Waals surface area contributed by atoms with Crippen molar-refractivity contribution in [2.75, 3.05) is 28.4 Å². The summed E-state index contributed by atoms with van der Waals surface area (Å²) in [6.07, 6.45) is 0. The number of hydrogen-bond donors (Lipinski definition) is 0. The summed E-state index contributed by atoms with van der Waals surface area (Å²) in [5.41, 5.74) is 2.65. The maximum atomic E-state index is 5.30. The lowest BCUT2D eigenvalue weighted by Gasteiger charge is -2.13. The monoisotopic (exact) mass is 300 g/mol. The summed E-state index contributed by atoms with van der Waals surface area (Å²) >= 11 is 0. The highest BCUT2D eigenvalue weighted by molar-refractivity contribution is 5.80. The fourth-order valence-electron chi connectivity index (χ4n) is 2.13. The first-order valence-corrected chi connectivity index (χ1v) is 6.77. The number of rotatable bonds is 6. The minimum atomic E-state index is 0.713. The first-order chi connectivity index (χ1) is 10.6. The molecule has 4 nitrogen and oxygen atoms in total. The predicted molar refractivity (Wildman–Crippen MR) is 87.2 cm³/mol. The molecule has 0 fully saturated rings. The van der Waals surface area contributed by atoms with Gasteiger partial charge in [-0.25, -0.2) is 0 Å². The molecule has 0 radical (unpaired) electrons. The van der Waals surface area contributed by atoms with Gasteiger partial charge in [-0.3, -0.25) is 0 Å². The van der Waals surface area contributed by atoms with E-state index >= 15 is 0 Å². The molecule has 22 heavy (non-hydrogen) atoms. The molecule has 2 rings (SSSR count). The van der Waals surface area contributed by atoms with Gasteiger partial charge in [0.2, 0.25) is 0 Å². The van der Waals surface area contributed by atoms with Crippen molar-refractivity contribution < 1.29 is 18.9 Å². The lowest BCUT2D eigenvalue weighted by atomic mass is 9.98. The molecular weight excluding hydrogens is 280 g/mol. The Hall–Kier alpha value is -2.62. The summed E-state index contributed by atoms with van der Waals surface area (Å²) < 4.78 is 21.2. The molecule has 0 saturated heterocycles. The van der Waals surface area contributed by atoms with Gasteiger partial charge in [0.1, 0.15) is 23.0 Å². The van der Waals surface area contributed by atoms with Crippen molar-refractivity contribution in [1.82, 2.24) is 0 Å². The Morgan fingerprint density at radius 1 is 0.591 bits per heavy atom. The first kappa shape index (κ1) is 15.8. The summed E-state index contributed by atoms with van der Waals surface area (Å²) in [7, 11) is 6.48. The molecule has 0 aliphatic carbocycles. The van der Waals surface area contributed by atoms with Gasteiger partial charge in [-0.15, -0.1) is 0 Å². The third-order valence-corrected chi connectivity index (χ3v) is 3.40. The fraction of sp³-hybridized carbons (Fsp3) is 0.222. The normalized spacial score (nSPS) is 10.0. The third kappa shape index (κ3) is 3.34. The zero-order valence-electron chi connectivity index (χ0n) is 13.3. The van der Waals surface area contributed by atoms with Crippen LogP contribution in [0.1, 0.15) is 11.1 Å². The first-order valence-electron chi connectivity index (χ1n) is 6.77. The molecule has 0 N–H and O–H groups in total. The van der Waals surface area contributed by atoms with Gasteiger partial charge in [-0.2, -0.15) is 0 Å². The zero-order chi connectivity index (χ0) is 16.1. The lowest BCUT2D eigenvalue weighted by molar-refractivity contribution is 0.394. The van der Waals surface area contributed by atoms with E-state index < -0.39 is 0 Å². The number of hydrogen-bond acceptors (Lipinski definition) is 4. The van der Waals surface area contributed by atoms with Crippen molar-refractivity contribution in [2.24, 2.45) is 0 Å². The number of methoxy groups -OCH3 is 4. The van der Waals surface area contributed by atoms with E-state index in [1.165, 1.54) is 0 Å². The van der Waals surface area contributed by atoms with Crippen molar-refractivity contribution >= 4 is 5.57 Å². The van der Waals surface area contributed by atoms with Gasteiger partial charge in [0, 0.05) is 12.1 Å². The van der Waals surface area contributed by atoms with Crippen LogP contribution in [0, 0.1) is 0 Å². The van der Waals surface area contributed by atoms with Crippen molar-refractivity contribution in [3.8, 4) is 23.0 Å². The van der Waals surface area contributed by atoms with Crippen LogP contribution in [-0.4, -0.2) is 28.4 Å². The van der Waals surface area contributed by atoms with Gasteiger partial charge in [0.25, 0.3) is 0 Å². The zero-order valence-corrected chi connectivity index (χ0v) is 13.3. The Labute approximate surface area is 130 Å². The maximum Gasteiger partial charge on any atom is 0.123 e. The smallest absolute Gasteiger partial charge is 0.123 e. The molecule has 2 aromatic rings. The molecule has 2 aromatic carbocycles. The van der Waals surface area contributed by atoms with Gasteiger partial charge in [-0.1, -0.05) is 6.58 Å². The van der Waals surface area contributed by atoms with E-state index in [1.807, 2.05) is 36.4 Å². The fourth-order valence-corrected chi connectivity index (χ4v) is 2.13. The summed E-state index contributed by atoms with van der Waals surface area (Å²) in [6.45, 7) is 4.17. The highest BCUT2D eigenvalue weighted by Gasteiger charge is 2.10. The van der Waals surface area contributed by atoms with E-state index in [1.54, 1.807) is 28.4 Å². The Balaban J connectivity index is 2.47. The molecule has 0 atom stereocenters. The summed E-state index contributed by atoms with van der Waals surface area (Å²) in [4.78, 5) is 0. The van der Waals surface area contributed by atoms with Crippen LogP contribution >= 0.6 is 0 Å². The molecule has 0 aromatic heterocycles. The van der Waals surface area contributed by atoms with Crippen LogP contribution < -0.4 is 18.9 Å². The van der Waals surface area contributed by atoms with Crippen molar-refractivity contribution in [1.29, 1.82) is 0 Å². The Kier molecular flexibility index (Phi) is 4.94. The molecule has 0 spiro atoms. The molecule has 116 valence electrons. The minimum absolute atomic E-state index is 0.713. The standard InChI is InChI=1S/C18H20O4/c1-12(13-6-15(19-2)10-16(7-13)20-3)14-8-17(21-4)11-18(9-14)22-5/h6-11H,1H2,2-5H3. The second-order valence-electron chi connectivity index (χ2n) is 4.68. The summed E-state index contributed by atoms with van der Waals surface area (Å²) in [5, 5.41) is 0. The van der Waals surface area contributed by atoms with E-state index in [-0.39, 0.29) is 0 Å². The summed E-state index contributed by atoms with van der Waals surface area (Å²) in [5.74, 6) is 2.85. The highest BCUT2D eigenvalue weighted by atomic mass is 16.5. The molecule has 4 heteroatoms. The van der Waals surface area contributed by atoms with E-state index in [9.17, 15) is 0 Å². The Morgan fingerprint density at radius 3 is 1.09 bits per heavy atom. The van der Waals surface area contributed by atoms with Crippen LogP contribution in [0.4, 0.5) is 0 Å². The third-order valence-electron chi connectivity index (χ3n) is 3.40. The molecule has 0 unspecified atom stereocenters. The molecule has 0 heterocycles. The Morgan fingerprint density at radius 2 is 0.864 bits per heavy atom. The van der Waals surface area contributed by atoms with Crippen molar-refractivity contribution in [2.45, 2.75) is 0 Å². The van der Waals surface area contributed by atoms with Crippen LogP contribution in [0.15, 0.2) is 43.0 Å². The van der Waals surface area contributed by atoms with E-state index in [0.717, 1.165) is 16.7 Å². The molecule has 0 saturated carbocycles. The SMILES string of the molecule is C=C(c1cc(OC)cc(OC)c1)c1cc(OC)cc(OC)c1. The van der Waals surface area contributed by atoms with Gasteiger partial charge in [0.15, 0.2) is 0 Å². The highest BCUT2D eigenvalue weighted by Crippen LogP contribution is 2.33. The quantitative estimate of drug-likeness (QED) is 0.813. The average molecular weight is 300 g/mol. The Bertz CT molecular complexity index is 575. The molecule has 0 amide bonds.